The van der Waals surface area contributed by atoms with Gasteiger partial charge in [0.1, 0.15) is 0 Å². The Morgan fingerprint density at radius 3 is 1.78 bits per heavy atom. The summed E-state index contributed by atoms with van der Waals surface area (Å²) in [5.74, 6) is -0.597. The molecule has 0 saturated heterocycles. The van der Waals surface area contributed by atoms with Crippen LogP contribution in [0, 0.1) is 11.8 Å². The molecule has 164 valence electrons. The van der Waals surface area contributed by atoms with Crippen molar-refractivity contribution >= 4 is 45.3 Å². The topological polar surface area (TPSA) is 120 Å². The standard InChI is InChI=1S/C22H24N8O2/c1-29-19-15(11-25-29)17(6-8-23-19)27-21(31)13-4-3-5-14(10-13)22(32)28-18-7-9-24-20-16(18)12-26-30(20)2/h6-9,11-14H,3-5,10H2,1-2H3,(H,23,27,31)(H,24,28,32). The van der Waals surface area contributed by atoms with Gasteiger partial charge < -0.3 is 10.6 Å². The summed E-state index contributed by atoms with van der Waals surface area (Å²) in [4.78, 5) is 34.6. The van der Waals surface area contributed by atoms with E-state index in [1.54, 1.807) is 46.3 Å². The molecule has 2 unspecified atom stereocenters. The lowest BCUT2D eigenvalue weighted by atomic mass is 9.80. The fourth-order valence-electron chi connectivity index (χ4n) is 4.45. The number of carbonyl (C=O) groups excluding carboxylic acids is 2. The number of aromatic nitrogens is 6. The van der Waals surface area contributed by atoms with Crippen LogP contribution < -0.4 is 10.6 Å². The van der Waals surface area contributed by atoms with E-state index in [9.17, 15) is 9.59 Å². The van der Waals surface area contributed by atoms with Crippen molar-refractivity contribution in [1.82, 2.24) is 29.5 Å². The highest BCUT2D eigenvalue weighted by Crippen LogP contribution is 2.32. The Bertz CT molecular complexity index is 1220. The zero-order valence-corrected chi connectivity index (χ0v) is 17.9. The maximum absolute atomic E-state index is 13.0. The number of pyridine rings is 2. The monoisotopic (exact) mass is 432 g/mol. The Kier molecular flexibility index (Phi) is 5.04. The second-order valence-electron chi connectivity index (χ2n) is 8.27. The number of anilines is 2. The highest BCUT2D eigenvalue weighted by atomic mass is 16.2. The Labute approximate surface area is 184 Å². The lowest BCUT2D eigenvalue weighted by molar-refractivity contribution is -0.124. The number of nitrogens with zero attached hydrogens (tertiary/aromatic N) is 6. The van der Waals surface area contributed by atoms with Crippen LogP contribution in [0.25, 0.3) is 22.1 Å². The third-order valence-corrected chi connectivity index (χ3v) is 6.20. The van der Waals surface area contributed by atoms with Crippen LogP contribution in [0.4, 0.5) is 11.4 Å². The number of amides is 2. The van der Waals surface area contributed by atoms with Crippen LogP contribution >= 0.6 is 0 Å². The first-order chi connectivity index (χ1) is 15.5. The van der Waals surface area contributed by atoms with Crippen molar-refractivity contribution in [3.05, 3.63) is 36.9 Å². The van der Waals surface area contributed by atoms with Gasteiger partial charge in [0.2, 0.25) is 11.8 Å². The summed E-state index contributed by atoms with van der Waals surface area (Å²) in [6, 6.07) is 3.55. The van der Waals surface area contributed by atoms with Crippen molar-refractivity contribution in [1.29, 1.82) is 0 Å². The number of hydrogen-bond donors (Lipinski definition) is 2. The van der Waals surface area contributed by atoms with Crippen molar-refractivity contribution in [2.45, 2.75) is 25.7 Å². The first-order valence-electron chi connectivity index (χ1n) is 10.7. The lowest BCUT2D eigenvalue weighted by Crippen LogP contribution is -2.33. The number of fused-ring (bicyclic) bond motifs is 2. The molecular weight excluding hydrogens is 408 g/mol. The molecule has 2 N–H and O–H groups in total. The molecule has 4 aromatic rings. The van der Waals surface area contributed by atoms with E-state index in [-0.39, 0.29) is 23.7 Å². The minimum absolute atomic E-state index is 0.0718. The molecule has 1 fully saturated rings. The third kappa shape index (κ3) is 3.57. The normalized spacial score (nSPS) is 18.7. The van der Waals surface area contributed by atoms with E-state index in [2.05, 4.69) is 30.8 Å². The van der Waals surface area contributed by atoms with Gasteiger partial charge in [-0.3, -0.25) is 19.0 Å². The van der Waals surface area contributed by atoms with Crippen molar-refractivity contribution in [2.75, 3.05) is 10.6 Å². The summed E-state index contributed by atoms with van der Waals surface area (Å²) in [7, 11) is 3.63. The van der Waals surface area contributed by atoms with Crippen molar-refractivity contribution in [3.63, 3.8) is 0 Å². The second kappa shape index (κ2) is 8.03. The second-order valence-corrected chi connectivity index (χ2v) is 8.27. The lowest BCUT2D eigenvalue weighted by Gasteiger charge is -2.27. The van der Waals surface area contributed by atoms with E-state index in [0.717, 1.165) is 30.0 Å². The maximum Gasteiger partial charge on any atom is 0.227 e. The molecule has 1 aliphatic rings. The van der Waals surface area contributed by atoms with Gasteiger partial charge in [0.25, 0.3) is 0 Å². The van der Waals surface area contributed by atoms with Crippen molar-refractivity contribution in [3.8, 4) is 0 Å². The molecule has 1 aliphatic carbocycles. The molecular formula is C22H24N8O2. The summed E-state index contributed by atoms with van der Waals surface area (Å²) in [5.41, 5.74) is 2.80. The quantitative estimate of drug-likeness (QED) is 0.512. The average Bonchev–Trinajstić information content (AvgIpc) is 3.38. The zero-order chi connectivity index (χ0) is 22.2. The SMILES string of the molecule is Cn1ncc2c(NC(=O)C3CCCC(C(=O)Nc4ccnc5c4cnn5C)C3)ccnc21. The van der Waals surface area contributed by atoms with Gasteiger partial charge in [-0.1, -0.05) is 6.42 Å². The van der Waals surface area contributed by atoms with Crippen LogP contribution in [0.15, 0.2) is 36.9 Å². The van der Waals surface area contributed by atoms with Gasteiger partial charge in [0, 0.05) is 38.3 Å². The van der Waals surface area contributed by atoms with Crippen molar-refractivity contribution < 1.29 is 9.59 Å². The molecule has 4 heterocycles. The molecule has 0 radical (unpaired) electrons. The highest BCUT2D eigenvalue weighted by Gasteiger charge is 2.32. The predicted molar refractivity (Wildman–Crippen MR) is 120 cm³/mol. The maximum atomic E-state index is 13.0. The van der Waals surface area contributed by atoms with Gasteiger partial charge in [-0.2, -0.15) is 10.2 Å². The van der Waals surface area contributed by atoms with E-state index < -0.39 is 0 Å². The van der Waals surface area contributed by atoms with Crippen LogP contribution in [0.3, 0.4) is 0 Å². The van der Waals surface area contributed by atoms with E-state index >= 15 is 0 Å². The Balaban J connectivity index is 1.28. The van der Waals surface area contributed by atoms with E-state index in [1.165, 1.54) is 0 Å². The summed E-state index contributed by atoms with van der Waals surface area (Å²) < 4.78 is 3.34. The number of nitrogens with one attached hydrogen (secondary N) is 2. The van der Waals surface area contributed by atoms with E-state index in [1.807, 2.05) is 14.1 Å². The molecule has 2 atom stereocenters. The number of hydrogen-bond acceptors (Lipinski definition) is 6. The van der Waals surface area contributed by atoms with Gasteiger partial charge in [0.15, 0.2) is 11.3 Å². The zero-order valence-electron chi connectivity index (χ0n) is 17.9. The van der Waals surface area contributed by atoms with Crippen LogP contribution in [0.5, 0.6) is 0 Å². The van der Waals surface area contributed by atoms with Gasteiger partial charge in [-0.05, 0) is 31.4 Å². The van der Waals surface area contributed by atoms with Gasteiger partial charge >= 0.3 is 0 Å². The van der Waals surface area contributed by atoms with Crippen LogP contribution in [-0.2, 0) is 23.7 Å². The van der Waals surface area contributed by atoms with Crippen molar-refractivity contribution in [2.24, 2.45) is 25.9 Å². The Morgan fingerprint density at radius 1 is 0.844 bits per heavy atom. The first-order valence-corrected chi connectivity index (χ1v) is 10.7. The summed E-state index contributed by atoms with van der Waals surface area (Å²) in [6.07, 6.45) is 9.58. The Hall–Kier alpha value is -3.82. The van der Waals surface area contributed by atoms with E-state index in [4.69, 9.17) is 0 Å². The molecule has 0 spiro atoms. The van der Waals surface area contributed by atoms with Crippen LogP contribution in [-0.4, -0.2) is 41.3 Å². The smallest absolute Gasteiger partial charge is 0.227 e. The van der Waals surface area contributed by atoms with Gasteiger partial charge in [-0.25, -0.2) is 9.97 Å². The fraction of sp³-hybridized carbons (Fsp3) is 0.364. The summed E-state index contributed by atoms with van der Waals surface area (Å²) in [6.45, 7) is 0. The number of carbonyl (C=O) groups is 2. The molecule has 4 aromatic heterocycles. The van der Waals surface area contributed by atoms with Gasteiger partial charge in [0.05, 0.1) is 34.5 Å². The molecule has 1 saturated carbocycles. The third-order valence-electron chi connectivity index (χ3n) is 6.20. The largest absolute Gasteiger partial charge is 0.325 e. The molecule has 0 aliphatic heterocycles. The van der Waals surface area contributed by atoms with E-state index in [0.29, 0.717) is 29.1 Å². The summed E-state index contributed by atoms with van der Waals surface area (Å²) in [5, 5.41) is 16.1. The molecule has 32 heavy (non-hydrogen) atoms. The number of aryl methyl sites for hydroxylation is 2. The molecule has 0 bridgehead atoms. The first kappa shape index (κ1) is 20.1. The molecule has 5 rings (SSSR count). The minimum atomic E-state index is -0.227. The average molecular weight is 432 g/mol. The highest BCUT2D eigenvalue weighted by molar-refractivity contribution is 6.02. The number of rotatable bonds is 4. The fourth-order valence-corrected chi connectivity index (χ4v) is 4.45. The molecule has 0 aromatic carbocycles. The van der Waals surface area contributed by atoms with Crippen LogP contribution in [0.1, 0.15) is 25.7 Å². The molecule has 10 nitrogen and oxygen atoms in total. The Morgan fingerprint density at radius 2 is 1.31 bits per heavy atom. The minimum Gasteiger partial charge on any atom is -0.325 e. The predicted octanol–water partition coefficient (Wildman–Crippen LogP) is 2.63. The summed E-state index contributed by atoms with van der Waals surface area (Å²) >= 11 is 0. The molecule has 10 heteroatoms. The molecule has 2 amide bonds. The van der Waals surface area contributed by atoms with Gasteiger partial charge in [-0.15, -0.1) is 0 Å². The van der Waals surface area contributed by atoms with Crippen LogP contribution in [0.2, 0.25) is 0 Å².